The molecule has 1 saturated carbocycles. The van der Waals surface area contributed by atoms with E-state index in [1.54, 1.807) is 31.2 Å². The summed E-state index contributed by atoms with van der Waals surface area (Å²) in [4.78, 5) is 35.8. The van der Waals surface area contributed by atoms with Gasteiger partial charge in [0.15, 0.2) is 0 Å². The summed E-state index contributed by atoms with van der Waals surface area (Å²) in [7, 11) is 0. The molecule has 0 radical (unpaired) electrons. The van der Waals surface area contributed by atoms with Crippen LogP contribution in [0.15, 0.2) is 30.3 Å². The molecule has 26 heavy (non-hydrogen) atoms. The van der Waals surface area contributed by atoms with Crippen molar-refractivity contribution in [3.63, 3.8) is 0 Å². The molecule has 1 fully saturated rings. The van der Waals surface area contributed by atoms with Crippen LogP contribution < -0.4 is 10.6 Å². The van der Waals surface area contributed by atoms with Gasteiger partial charge in [-0.2, -0.15) is 0 Å². The summed E-state index contributed by atoms with van der Waals surface area (Å²) in [6.07, 6.45) is 6.19. The van der Waals surface area contributed by atoms with E-state index in [9.17, 15) is 19.5 Å². The lowest BCUT2D eigenvalue weighted by atomic mass is 9.87. The molecule has 6 heteroatoms. The molecule has 3 N–H and O–H groups in total. The van der Waals surface area contributed by atoms with Gasteiger partial charge in [0, 0.05) is 13.0 Å². The third-order valence-electron chi connectivity index (χ3n) is 4.95. The number of benzene rings is 1. The zero-order valence-electron chi connectivity index (χ0n) is 15.2. The highest BCUT2D eigenvalue weighted by Crippen LogP contribution is 2.26. The van der Waals surface area contributed by atoms with E-state index in [0.29, 0.717) is 17.9 Å². The number of carbonyl (C=O) groups is 3. The van der Waals surface area contributed by atoms with Crippen molar-refractivity contribution in [3.8, 4) is 0 Å². The van der Waals surface area contributed by atoms with Crippen LogP contribution in [0.25, 0.3) is 0 Å². The average molecular weight is 360 g/mol. The highest BCUT2D eigenvalue weighted by Gasteiger charge is 2.23. The van der Waals surface area contributed by atoms with Crippen LogP contribution in [0.5, 0.6) is 0 Å². The van der Waals surface area contributed by atoms with E-state index in [1.165, 1.54) is 19.3 Å². The second kappa shape index (κ2) is 9.94. The summed E-state index contributed by atoms with van der Waals surface area (Å²) in [6, 6.07) is 8.10. The normalized spacial score (nSPS) is 17.1. The number of carbonyl (C=O) groups excluding carboxylic acids is 2. The first-order valence-electron chi connectivity index (χ1n) is 9.32. The number of hydrogen-bond donors (Lipinski definition) is 3. The SMILES string of the molecule is CC(NC(=O)CC1CCCCC1)C(=O)NCC(C(=O)O)c1ccccc1. The van der Waals surface area contributed by atoms with Gasteiger partial charge in [-0.25, -0.2) is 0 Å². The molecule has 0 heterocycles. The maximum absolute atomic E-state index is 12.2. The Morgan fingerprint density at radius 3 is 2.38 bits per heavy atom. The minimum Gasteiger partial charge on any atom is -0.481 e. The smallest absolute Gasteiger partial charge is 0.312 e. The lowest BCUT2D eigenvalue weighted by Crippen LogP contribution is -2.46. The molecule has 1 aliphatic rings. The molecule has 2 atom stereocenters. The Kier molecular flexibility index (Phi) is 7.63. The molecule has 0 saturated heterocycles. The number of nitrogens with one attached hydrogen (secondary N) is 2. The summed E-state index contributed by atoms with van der Waals surface area (Å²) in [5, 5.41) is 14.7. The molecule has 1 aromatic rings. The van der Waals surface area contributed by atoms with Crippen LogP contribution in [0.4, 0.5) is 0 Å². The Morgan fingerprint density at radius 1 is 1.12 bits per heavy atom. The van der Waals surface area contributed by atoms with Crippen LogP contribution in [0, 0.1) is 5.92 Å². The molecule has 1 aliphatic carbocycles. The van der Waals surface area contributed by atoms with Gasteiger partial charge in [0.1, 0.15) is 6.04 Å². The summed E-state index contributed by atoms with van der Waals surface area (Å²) in [5.41, 5.74) is 0.634. The number of amides is 2. The summed E-state index contributed by atoms with van der Waals surface area (Å²) >= 11 is 0. The van der Waals surface area contributed by atoms with Crippen LogP contribution in [0.1, 0.15) is 56.9 Å². The Labute approximate surface area is 154 Å². The molecule has 1 aromatic carbocycles. The second-order valence-electron chi connectivity index (χ2n) is 7.04. The lowest BCUT2D eigenvalue weighted by molar-refractivity contribution is -0.139. The Hall–Kier alpha value is -2.37. The van der Waals surface area contributed by atoms with Crippen molar-refractivity contribution in [2.75, 3.05) is 6.54 Å². The zero-order valence-corrected chi connectivity index (χ0v) is 15.2. The van der Waals surface area contributed by atoms with Crippen LogP contribution in [-0.4, -0.2) is 35.5 Å². The van der Waals surface area contributed by atoms with E-state index in [2.05, 4.69) is 10.6 Å². The summed E-state index contributed by atoms with van der Waals surface area (Å²) < 4.78 is 0. The molecule has 2 unspecified atom stereocenters. The van der Waals surface area contributed by atoms with Crippen LogP contribution >= 0.6 is 0 Å². The van der Waals surface area contributed by atoms with Gasteiger partial charge in [-0.3, -0.25) is 14.4 Å². The molecular weight excluding hydrogens is 332 g/mol. The molecule has 2 amide bonds. The monoisotopic (exact) mass is 360 g/mol. The Morgan fingerprint density at radius 2 is 1.77 bits per heavy atom. The van der Waals surface area contributed by atoms with E-state index in [1.807, 2.05) is 6.07 Å². The first-order valence-corrected chi connectivity index (χ1v) is 9.32. The fourth-order valence-electron chi connectivity index (χ4n) is 3.41. The van der Waals surface area contributed by atoms with Crippen LogP contribution in [0.3, 0.4) is 0 Å². The first-order chi connectivity index (χ1) is 12.5. The van der Waals surface area contributed by atoms with Crippen LogP contribution in [0.2, 0.25) is 0 Å². The van der Waals surface area contributed by atoms with Gasteiger partial charge < -0.3 is 15.7 Å². The largest absolute Gasteiger partial charge is 0.481 e. The van der Waals surface area contributed by atoms with Crippen molar-refractivity contribution in [3.05, 3.63) is 35.9 Å². The minimum absolute atomic E-state index is 0.0129. The van der Waals surface area contributed by atoms with E-state index in [0.717, 1.165) is 12.8 Å². The molecule has 0 aromatic heterocycles. The van der Waals surface area contributed by atoms with Crippen molar-refractivity contribution in [2.45, 2.75) is 57.4 Å². The molecular formula is C20H28N2O4. The minimum atomic E-state index is -0.995. The van der Waals surface area contributed by atoms with Gasteiger partial charge in [-0.15, -0.1) is 0 Å². The van der Waals surface area contributed by atoms with Gasteiger partial charge in [0.25, 0.3) is 0 Å². The summed E-state index contributed by atoms with van der Waals surface area (Å²) in [5.74, 6) is -1.88. The molecule has 6 nitrogen and oxygen atoms in total. The van der Waals surface area contributed by atoms with Gasteiger partial charge in [0.2, 0.25) is 11.8 Å². The quantitative estimate of drug-likeness (QED) is 0.663. The van der Waals surface area contributed by atoms with Gasteiger partial charge in [0.05, 0.1) is 5.92 Å². The Balaban J connectivity index is 1.80. The van der Waals surface area contributed by atoms with Gasteiger partial charge >= 0.3 is 5.97 Å². The third-order valence-corrected chi connectivity index (χ3v) is 4.95. The zero-order chi connectivity index (χ0) is 18.9. The molecule has 0 bridgehead atoms. The average Bonchev–Trinajstić information content (AvgIpc) is 2.63. The van der Waals surface area contributed by atoms with Crippen molar-refractivity contribution in [1.82, 2.24) is 10.6 Å². The second-order valence-corrected chi connectivity index (χ2v) is 7.04. The molecule has 0 spiro atoms. The standard InChI is InChI=1S/C20H28N2O4/c1-14(22-18(23)12-15-8-4-2-5-9-15)19(24)21-13-17(20(25)26)16-10-6-3-7-11-16/h3,6-7,10-11,14-15,17H,2,4-5,8-9,12-13H2,1H3,(H,21,24)(H,22,23)(H,25,26). The van der Waals surface area contributed by atoms with E-state index >= 15 is 0 Å². The molecule has 2 rings (SSSR count). The van der Waals surface area contributed by atoms with E-state index in [-0.39, 0.29) is 18.4 Å². The van der Waals surface area contributed by atoms with Crippen molar-refractivity contribution in [2.24, 2.45) is 5.92 Å². The maximum Gasteiger partial charge on any atom is 0.312 e. The van der Waals surface area contributed by atoms with Crippen LogP contribution in [-0.2, 0) is 14.4 Å². The third kappa shape index (κ3) is 6.17. The summed E-state index contributed by atoms with van der Waals surface area (Å²) in [6.45, 7) is 1.60. The predicted octanol–water partition coefficient (Wildman–Crippen LogP) is 2.45. The highest BCUT2D eigenvalue weighted by molar-refractivity contribution is 5.88. The predicted molar refractivity (Wildman–Crippen MR) is 98.6 cm³/mol. The Bertz CT molecular complexity index is 611. The fourth-order valence-corrected chi connectivity index (χ4v) is 3.41. The number of rotatable bonds is 8. The lowest BCUT2D eigenvalue weighted by Gasteiger charge is -2.22. The van der Waals surface area contributed by atoms with E-state index in [4.69, 9.17) is 0 Å². The van der Waals surface area contributed by atoms with Gasteiger partial charge in [-0.1, -0.05) is 49.6 Å². The number of aliphatic carboxylic acids is 1. The molecule has 142 valence electrons. The highest BCUT2D eigenvalue weighted by atomic mass is 16.4. The van der Waals surface area contributed by atoms with Crippen molar-refractivity contribution >= 4 is 17.8 Å². The number of carboxylic acids is 1. The molecule has 0 aliphatic heterocycles. The fraction of sp³-hybridized carbons (Fsp3) is 0.550. The van der Waals surface area contributed by atoms with Crippen molar-refractivity contribution < 1.29 is 19.5 Å². The topological polar surface area (TPSA) is 95.5 Å². The first kappa shape index (κ1) is 19.9. The number of carboxylic acid groups (broad SMARTS) is 1. The number of hydrogen-bond acceptors (Lipinski definition) is 3. The van der Waals surface area contributed by atoms with E-state index < -0.39 is 17.9 Å². The van der Waals surface area contributed by atoms with Crippen molar-refractivity contribution in [1.29, 1.82) is 0 Å². The maximum atomic E-state index is 12.2. The van der Waals surface area contributed by atoms with Gasteiger partial charge in [-0.05, 0) is 31.2 Å².